The zero-order chi connectivity index (χ0) is 17.3. The smallest absolute Gasteiger partial charge is 0.335 e. The highest BCUT2D eigenvalue weighted by molar-refractivity contribution is 7.92. The quantitative estimate of drug-likeness (QED) is 0.735. The van der Waals surface area contributed by atoms with Gasteiger partial charge in [-0.2, -0.15) is 0 Å². The molecule has 3 aromatic rings. The maximum absolute atomic E-state index is 12.5. The van der Waals surface area contributed by atoms with Crippen LogP contribution >= 0.6 is 11.6 Å². The predicted octanol–water partition coefficient (Wildman–Crippen LogP) is 3.99. The summed E-state index contributed by atoms with van der Waals surface area (Å²) in [6.07, 6.45) is 0. The van der Waals surface area contributed by atoms with Gasteiger partial charge in [-0.3, -0.25) is 4.72 Å². The number of aromatic carboxylic acids is 1. The van der Waals surface area contributed by atoms with Gasteiger partial charge in [0.1, 0.15) is 4.90 Å². The summed E-state index contributed by atoms with van der Waals surface area (Å²) >= 11 is 5.93. The van der Waals surface area contributed by atoms with Crippen molar-refractivity contribution in [3.05, 3.63) is 71.2 Å². The summed E-state index contributed by atoms with van der Waals surface area (Å²) in [6.45, 7) is 0. The summed E-state index contributed by atoms with van der Waals surface area (Å²) in [4.78, 5) is 10.8. The summed E-state index contributed by atoms with van der Waals surface area (Å²) in [5, 5.41) is 10.8. The Kier molecular flexibility index (Phi) is 4.17. The standard InChI is InChI=1S/C17H12ClNO4S/c18-15-8-6-13(17(20)21)10-16(15)24(22,23)19-14-7-5-11-3-1-2-4-12(11)9-14/h1-10,19H,(H,20,21). The van der Waals surface area contributed by atoms with Crippen LogP contribution in [0.3, 0.4) is 0 Å². The van der Waals surface area contributed by atoms with Crippen molar-refractivity contribution in [2.24, 2.45) is 0 Å². The van der Waals surface area contributed by atoms with E-state index in [-0.39, 0.29) is 15.5 Å². The van der Waals surface area contributed by atoms with Gasteiger partial charge in [-0.1, -0.05) is 41.9 Å². The number of halogens is 1. The van der Waals surface area contributed by atoms with E-state index < -0.39 is 16.0 Å². The molecular formula is C17H12ClNO4S. The molecule has 0 saturated carbocycles. The Bertz CT molecular complexity index is 1050. The fraction of sp³-hybridized carbons (Fsp3) is 0. The number of nitrogens with one attached hydrogen (secondary N) is 1. The zero-order valence-corrected chi connectivity index (χ0v) is 13.8. The van der Waals surface area contributed by atoms with Crippen LogP contribution < -0.4 is 4.72 Å². The number of rotatable bonds is 4. The highest BCUT2D eigenvalue weighted by atomic mass is 35.5. The fourth-order valence-electron chi connectivity index (χ4n) is 2.31. The highest BCUT2D eigenvalue weighted by Crippen LogP contribution is 2.26. The topological polar surface area (TPSA) is 83.5 Å². The Labute approximate surface area is 143 Å². The number of carboxylic acid groups (broad SMARTS) is 1. The van der Waals surface area contributed by atoms with E-state index in [9.17, 15) is 13.2 Å². The van der Waals surface area contributed by atoms with E-state index >= 15 is 0 Å². The third-order valence-corrected chi connectivity index (χ3v) is 5.33. The van der Waals surface area contributed by atoms with Crippen LogP contribution in [0, 0.1) is 0 Å². The summed E-state index contributed by atoms with van der Waals surface area (Å²) in [6, 6.07) is 16.2. The molecule has 0 amide bonds. The molecule has 0 saturated heterocycles. The molecule has 3 aromatic carbocycles. The second kappa shape index (κ2) is 6.14. The predicted molar refractivity (Wildman–Crippen MR) is 93.2 cm³/mol. The van der Waals surface area contributed by atoms with Crippen molar-refractivity contribution in [2.75, 3.05) is 4.72 Å². The Morgan fingerprint density at radius 2 is 1.67 bits per heavy atom. The molecule has 0 fully saturated rings. The Morgan fingerprint density at radius 3 is 2.38 bits per heavy atom. The molecule has 0 aromatic heterocycles. The Morgan fingerprint density at radius 1 is 0.958 bits per heavy atom. The molecule has 0 aliphatic carbocycles. The summed E-state index contributed by atoms with van der Waals surface area (Å²) in [7, 11) is -4.01. The molecule has 0 aliphatic rings. The maximum Gasteiger partial charge on any atom is 0.335 e. The lowest BCUT2D eigenvalue weighted by Crippen LogP contribution is -2.14. The number of benzene rings is 3. The van der Waals surface area contributed by atoms with Crippen molar-refractivity contribution in [3.8, 4) is 0 Å². The zero-order valence-electron chi connectivity index (χ0n) is 12.2. The van der Waals surface area contributed by atoms with Crippen molar-refractivity contribution in [2.45, 2.75) is 4.90 Å². The van der Waals surface area contributed by atoms with Crippen LogP contribution in [0.15, 0.2) is 65.6 Å². The van der Waals surface area contributed by atoms with E-state index in [4.69, 9.17) is 16.7 Å². The molecule has 0 heterocycles. The number of sulfonamides is 1. The SMILES string of the molecule is O=C(O)c1ccc(Cl)c(S(=O)(=O)Nc2ccc3ccccc3c2)c1. The third-order valence-electron chi connectivity index (χ3n) is 3.47. The summed E-state index contributed by atoms with van der Waals surface area (Å²) < 4.78 is 27.5. The lowest BCUT2D eigenvalue weighted by molar-refractivity contribution is 0.0696. The van der Waals surface area contributed by atoms with Crippen LogP contribution in [0.1, 0.15) is 10.4 Å². The fourth-order valence-corrected chi connectivity index (χ4v) is 3.88. The van der Waals surface area contributed by atoms with Gasteiger partial charge in [-0.15, -0.1) is 0 Å². The second-order valence-corrected chi connectivity index (χ2v) is 7.18. The largest absolute Gasteiger partial charge is 0.478 e. The molecule has 3 rings (SSSR count). The number of fused-ring (bicyclic) bond motifs is 1. The molecule has 0 spiro atoms. The molecule has 0 bridgehead atoms. The molecule has 0 aliphatic heterocycles. The molecule has 122 valence electrons. The monoisotopic (exact) mass is 361 g/mol. The van der Waals surface area contributed by atoms with E-state index in [0.29, 0.717) is 5.69 Å². The Balaban J connectivity index is 2.01. The number of carbonyl (C=O) groups is 1. The molecular weight excluding hydrogens is 350 g/mol. The second-order valence-electron chi connectivity index (χ2n) is 5.12. The van der Waals surface area contributed by atoms with Crippen LogP contribution in [-0.2, 0) is 10.0 Å². The third kappa shape index (κ3) is 3.20. The first-order valence-corrected chi connectivity index (χ1v) is 8.77. The number of hydrogen-bond acceptors (Lipinski definition) is 3. The minimum Gasteiger partial charge on any atom is -0.478 e. The van der Waals surface area contributed by atoms with Crippen LogP contribution in [-0.4, -0.2) is 19.5 Å². The van der Waals surface area contributed by atoms with Gasteiger partial charge in [0.2, 0.25) is 0 Å². The van der Waals surface area contributed by atoms with Gasteiger partial charge in [0.05, 0.1) is 10.6 Å². The summed E-state index contributed by atoms with van der Waals surface area (Å²) in [5.74, 6) is -1.23. The van der Waals surface area contributed by atoms with Gasteiger partial charge in [-0.25, -0.2) is 13.2 Å². The number of hydrogen-bond donors (Lipinski definition) is 2. The molecule has 7 heteroatoms. The summed E-state index contributed by atoms with van der Waals surface area (Å²) in [5.41, 5.74) is 0.212. The van der Waals surface area contributed by atoms with Gasteiger partial charge in [0.15, 0.2) is 0 Å². The first kappa shape index (κ1) is 16.3. The van der Waals surface area contributed by atoms with E-state index in [2.05, 4.69) is 4.72 Å². The van der Waals surface area contributed by atoms with Gasteiger partial charge in [0, 0.05) is 5.69 Å². The van der Waals surface area contributed by atoms with Crippen LogP contribution in [0.5, 0.6) is 0 Å². The molecule has 0 radical (unpaired) electrons. The molecule has 0 atom stereocenters. The highest BCUT2D eigenvalue weighted by Gasteiger charge is 2.20. The van der Waals surface area contributed by atoms with Crippen molar-refractivity contribution in [3.63, 3.8) is 0 Å². The van der Waals surface area contributed by atoms with E-state index in [1.165, 1.54) is 12.1 Å². The van der Waals surface area contributed by atoms with Gasteiger partial charge < -0.3 is 5.11 Å². The van der Waals surface area contributed by atoms with Crippen molar-refractivity contribution in [1.82, 2.24) is 0 Å². The van der Waals surface area contributed by atoms with E-state index in [0.717, 1.165) is 16.8 Å². The van der Waals surface area contributed by atoms with Crippen molar-refractivity contribution < 1.29 is 18.3 Å². The first-order valence-electron chi connectivity index (χ1n) is 6.91. The lowest BCUT2D eigenvalue weighted by Gasteiger charge is -2.11. The van der Waals surface area contributed by atoms with Gasteiger partial charge in [0.25, 0.3) is 10.0 Å². The van der Waals surface area contributed by atoms with E-state index in [1.54, 1.807) is 18.2 Å². The lowest BCUT2D eigenvalue weighted by atomic mass is 10.1. The van der Waals surface area contributed by atoms with Crippen LogP contribution in [0.25, 0.3) is 10.8 Å². The minimum absolute atomic E-state index is 0.0479. The van der Waals surface area contributed by atoms with Crippen molar-refractivity contribution >= 4 is 44.1 Å². The minimum atomic E-state index is -4.01. The van der Waals surface area contributed by atoms with Gasteiger partial charge >= 0.3 is 5.97 Å². The maximum atomic E-state index is 12.5. The molecule has 5 nitrogen and oxygen atoms in total. The van der Waals surface area contributed by atoms with Gasteiger partial charge in [-0.05, 0) is 41.1 Å². The average Bonchev–Trinajstić information content (AvgIpc) is 2.54. The molecule has 0 unspecified atom stereocenters. The Hall–Kier alpha value is -2.57. The van der Waals surface area contributed by atoms with E-state index in [1.807, 2.05) is 24.3 Å². The number of anilines is 1. The molecule has 2 N–H and O–H groups in total. The van der Waals surface area contributed by atoms with Crippen LogP contribution in [0.4, 0.5) is 5.69 Å². The normalized spacial score (nSPS) is 11.4. The van der Waals surface area contributed by atoms with Crippen molar-refractivity contribution in [1.29, 1.82) is 0 Å². The van der Waals surface area contributed by atoms with Crippen LogP contribution in [0.2, 0.25) is 5.02 Å². The average molecular weight is 362 g/mol. The number of carboxylic acids is 1. The molecule has 24 heavy (non-hydrogen) atoms. The first-order chi connectivity index (χ1) is 11.4.